The first-order valence-corrected chi connectivity index (χ1v) is 12.3. The van der Waals surface area contributed by atoms with E-state index in [1.807, 2.05) is 20.8 Å². The van der Waals surface area contributed by atoms with Crippen LogP contribution in [0, 0.1) is 30.9 Å². The number of amides is 1. The molecule has 3 aromatic rings. The monoisotopic (exact) mass is 510 g/mol. The summed E-state index contributed by atoms with van der Waals surface area (Å²) >= 11 is 0. The second-order valence-electron chi connectivity index (χ2n) is 8.07. The molecular weight excluding hydrogens is 484 g/mol. The van der Waals surface area contributed by atoms with Gasteiger partial charge in [0.15, 0.2) is 5.75 Å². The highest BCUT2D eigenvalue weighted by molar-refractivity contribution is 7.92. The lowest BCUT2D eigenvalue weighted by molar-refractivity contribution is -0.385. The van der Waals surface area contributed by atoms with Crippen molar-refractivity contribution in [2.24, 2.45) is 5.10 Å². The summed E-state index contributed by atoms with van der Waals surface area (Å²) in [6.07, 6.45) is 1.22. The number of anilines is 1. The van der Waals surface area contributed by atoms with Crippen LogP contribution in [-0.4, -0.2) is 39.1 Å². The number of nitrogens with zero attached hydrogens (tertiary/aromatic N) is 3. The molecule has 0 heterocycles. The van der Waals surface area contributed by atoms with Crippen molar-refractivity contribution in [1.29, 1.82) is 0 Å². The van der Waals surface area contributed by atoms with Gasteiger partial charge in [0.25, 0.3) is 15.9 Å². The Hall–Kier alpha value is -4.25. The van der Waals surface area contributed by atoms with Crippen molar-refractivity contribution in [3.63, 3.8) is 0 Å². The number of benzene rings is 3. The highest BCUT2D eigenvalue weighted by Crippen LogP contribution is 2.27. The fourth-order valence-electron chi connectivity index (χ4n) is 3.31. The summed E-state index contributed by atoms with van der Waals surface area (Å²) in [6.45, 7) is 5.08. The van der Waals surface area contributed by atoms with Crippen LogP contribution in [0.4, 0.5) is 11.4 Å². The molecule has 1 N–H and O–H groups in total. The van der Waals surface area contributed by atoms with Crippen LogP contribution in [0.2, 0.25) is 0 Å². The van der Waals surface area contributed by atoms with Crippen LogP contribution in [0.5, 0.6) is 5.75 Å². The number of aryl methyl sites for hydroxylation is 3. The van der Waals surface area contributed by atoms with E-state index in [2.05, 4.69) is 10.5 Å². The predicted octanol–water partition coefficient (Wildman–Crippen LogP) is 3.87. The number of sulfonamides is 1. The molecule has 0 saturated carbocycles. The van der Waals surface area contributed by atoms with Crippen molar-refractivity contribution in [3.05, 3.63) is 93.0 Å². The number of nitro benzene ring substituents is 1. The van der Waals surface area contributed by atoms with E-state index >= 15 is 0 Å². The van der Waals surface area contributed by atoms with Crippen LogP contribution < -0.4 is 14.5 Å². The number of hydrazone groups is 1. The van der Waals surface area contributed by atoms with Crippen LogP contribution >= 0.6 is 0 Å². The van der Waals surface area contributed by atoms with Gasteiger partial charge < -0.3 is 4.74 Å². The minimum atomic E-state index is -4.06. The van der Waals surface area contributed by atoms with Gasteiger partial charge in [0.1, 0.15) is 6.54 Å². The maximum atomic E-state index is 13.5. The summed E-state index contributed by atoms with van der Waals surface area (Å²) in [7, 11) is -2.74. The molecule has 0 unspecified atom stereocenters. The fourth-order valence-corrected chi connectivity index (χ4v) is 4.72. The van der Waals surface area contributed by atoms with Crippen LogP contribution in [0.15, 0.2) is 70.7 Å². The highest BCUT2D eigenvalue weighted by atomic mass is 32.2. The molecule has 3 rings (SSSR count). The first kappa shape index (κ1) is 26.4. The van der Waals surface area contributed by atoms with Gasteiger partial charge in [-0.2, -0.15) is 5.10 Å². The topological polar surface area (TPSA) is 131 Å². The largest absolute Gasteiger partial charge is 0.490 e. The molecule has 0 aliphatic rings. The van der Waals surface area contributed by atoms with Crippen LogP contribution in [-0.2, 0) is 14.8 Å². The molecule has 0 saturated heterocycles. The summed E-state index contributed by atoms with van der Waals surface area (Å²) in [4.78, 5) is 23.4. The van der Waals surface area contributed by atoms with E-state index in [-0.39, 0.29) is 16.3 Å². The molecule has 0 atom stereocenters. The summed E-state index contributed by atoms with van der Waals surface area (Å²) in [5.74, 6) is -0.602. The van der Waals surface area contributed by atoms with E-state index in [4.69, 9.17) is 4.74 Å². The van der Waals surface area contributed by atoms with Crippen LogP contribution in [0.3, 0.4) is 0 Å². The third kappa shape index (κ3) is 6.05. The summed E-state index contributed by atoms with van der Waals surface area (Å²) < 4.78 is 32.9. The van der Waals surface area contributed by atoms with E-state index in [1.54, 1.807) is 30.3 Å². The van der Waals surface area contributed by atoms with E-state index in [0.29, 0.717) is 11.3 Å². The molecule has 36 heavy (non-hydrogen) atoms. The van der Waals surface area contributed by atoms with Crippen molar-refractivity contribution in [3.8, 4) is 5.75 Å². The fraction of sp³-hybridized carbons (Fsp3) is 0.200. The Morgan fingerprint density at radius 2 is 1.75 bits per heavy atom. The van der Waals surface area contributed by atoms with Crippen molar-refractivity contribution >= 4 is 33.5 Å². The maximum absolute atomic E-state index is 13.5. The summed E-state index contributed by atoms with van der Waals surface area (Å²) in [5.41, 5.74) is 5.48. The van der Waals surface area contributed by atoms with E-state index < -0.39 is 27.4 Å². The molecule has 3 aromatic carbocycles. The number of methoxy groups -OCH3 is 1. The van der Waals surface area contributed by atoms with E-state index in [9.17, 15) is 23.3 Å². The third-order valence-corrected chi connectivity index (χ3v) is 7.27. The number of hydrogen-bond acceptors (Lipinski definition) is 7. The second kappa shape index (κ2) is 11.0. The van der Waals surface area contributed by atoms with Gasteiger partial charge >= 0.3 is 5.69 Å². The number of nitro groups is 1. The van der Waals surface area contributed by atoms with Gasteiger partial charge in [-0.25, -0.2) is 13.8 Å². The molecule has 0 aromatic heterocycles. The lowest BCUT2D eigenvalue weighted by Crippen LogP contribution is -2.39. The Morgan fingerprint density at radius 3 is 2.36 bits per heavy atom. The normalized spacial score (nSPS) is 11.3. The van der Waals surface area contributed by atoms with Crippen molar-refractivity contribution in [1.82, 2.24) is 5.43 Å². The first-order valence-electron chi connectivity index (χ1n) is 10.8. The Kier molecular flexibility index (Phi) is 8.05. The molecule has 0 radical (unpaired) electrons. The van der Waals surface area contributed by atoms with Gasteiger partial charge in [0, 0.05) is 11.6 Å². The number of carbonyl (C=O) groups excluding carboxylic acids is 1. The molecule has 0 aliphatic heterocycles. The number of rotatable bonds is 9. The van der Waals surface area contributed by atoms with Gasteiger partial charge in [0.2, 0.25) is 0 Å². The van der Waals surface area contributed by atoms with Crippen LogP contribution in [0.1, 0.15) is 22.3 Å². The van der Waals surface area contributed by atoms with Crippen molar-refractivity contribution in [2.45, 2.75) is 25.7 Å². The Bertz CT molecular complexity index is 1420. The zero-order valence-electron chi connectivity index (χ0n) is 20.3. The molecule has 0 aliphatic carbocycles. The molecular formula is C25H26N4O6S. The molecule has 10 nitrogen and oxygen atoms in total. The minimum Gasteiger partial charge on any atom is -0.490 e. The SMILES string of the molecule is COc1ccc(/C=N\NC(=O)CN(c2ccc(C)c(C)c2)S(=O)(=O)c2ccc(C)cc2)cc1[N+](=O)[O-]. The number of ether oxygens (including phenoxy) is 1. The van der Waals surface area contributed by atoms with Gasteiger partial charge in [0.05, 0.1) is 28.8 Å². The lowest BCUT2D eigenvalue weighted by Gasteiger charge is -2.24. The summed E-state index contributed by atoms with van der Waals surface area (Å²) in [6, 6.07) is 15.7. The number of hydrogen-bond donors (Lipinski definition) is 1. The Labute approximate surface area is 209 Å². The average molecular weight is 511 g/mol. The van der Waals surface area contributed by atoms with Crippen molar-refractivity contribution in [2.75, 3.05) is 18.0 Å². The standard InChI is InChI=1S/C25H26N4O6S/c1-17-5-10-22(11-6-17)36(33,34)28(21-9-7-18(2)19(3)13-21)16-25(30)27-26-15-20-8-12-24(35-4)23(14-20)29(31)32/h5-15H,16H2,1-4H3,(H,27,30)/b26-15-. The predicted molar refractivity (Wildman–Crippen MR) is 137 cm³/mol. The van der Waals surface area contributed by atoms with Gasteiger partial charge in [-0.15, -0.1) is 0 Å². The molecule has 188 valence electrons. The molecule has 0 spiro atoms. The second-order valence-corrected chi connectivity index (χ2v) is 9.94. The third-order valence-electron chi connectivity index (χ3n) is 5.48. The van der Waals surface area contributed by atoms with Gasteiger partial charge in [-0.3, -0.25) is 19.2 Å². The zero-order chi connectivity index (χ0) is 26.5. The highest BCUT2D eigenvalue weighted by Gasteiger charge is 2.27. The molecule has 1 amide bonds. The van der Waals surface area contributed by atoms with E-state index in [1.165, 1.54) is 43.7 Å². The first-order chi connectivity index (χ1) is 17.0. The van der Waals surface area contributed by atoms with Gasteiger partial charge in [-0.05, 0) is 68.3 Å². The van der Waals surface area contributed by atoms with Crippen LogP contribution in [0.25, 0.3) is 0 Å². The van der Waals surface area contributed by atoms with Gasteiger partial charge in [-0.1, -0.05) is 23.8 Å². The Morgan fingerprint density at radius 1 is 1.06 bits per heavy atom. The quantitative estimate of drug-likeness (QED) is 0.264. The lowest BCUT2D eigenvalue weighted by atomic mass is 10.1. The molecule has 11 heteroatoms. The molecule has 0 bridgehead atoms. The number of carbonyl (C=O) groups is 1. The zero-order valence-corrected chi connectivity index (χ0v) is 21.1. The average Bonchev–Trinajstić information content (AvgIpc) is 2.84. The summed E-state index contributed by atoms with van der Waals surface area (Å²) in [5, 5.41) is 15.0. The smallest absolute Gasteiger partial charge is 0.311 e. The molecule has 0 fully saturated rings. The van der Waals surface area contributed by atoms with Crippen molar-refractivity contribution < 1.29 is 22.9 Å². The minimum absolute atomic E-state index is 0.0492. The number of nitrogens with one attached hydrogen (secondary N) is 1. The maximum Gasteiger partial charge on any atom is 0.311 e. The Balaban J connectivity index is 1.85. The van der Waals surface area contributed by atoms with E-state index in [0.717, 1.165) is 21.0 Å².